The largest absolute Gasteiger partial charge is 0.454 e. The van der Waals surface area contributed by atoms with Crippen molar-refractivity contribution in [3.8, 4) is 11.5 Å². The van der Waals surface area contributed by atoms with Crippen LogP contribution in [0.4, 0.5) is 0 Å². The van der Waals surface area contributed by atoms with Crippen molar-refractivity contribution in [3.63, 3.8) is 0 Å². The summed E-state index contributed by atoms with van der Waals surface area (Å²) in [5, 5.41) is 2.82. The van der Waals surface area contributed by atoms with Crippen molar-refractivity contribution in [1.29, 1.82) is 0 Å². The summed E-state index contributed by atoms with van der Waals surface area (Å²) in [6, 6.07) is 5.51. The van der Waals surface area contributed by atoms with E-state index in [9.17, 15) is 14.4 Å². The molecule has 1 saturated heterocycles. The van der Waals surface area contributed by atoms with E-state index in [1.165, 1.54) is 4.90 Å². The maximum absolute atomic E-state index is 12.4. The predicted octanol–water partition coefficient (Wildman–Crippen LogP) is 1.60. The fourth-order valence-electron chi connectivity index (χ4n) is 4.00. The molecular formula is C19H22N2O5. The first-order chi connectivity index (χ1) is 12.6. The van der Waals surface area contributed by atoms with Crippen LogP contribution in [0.2, 0.25) is 0 Å². The summed E-state index contributed by atoms with van der Waals surface area (Å²) in [7, 11) is 0. The highest BCUT2D eigenvalue weighted by Gasteiger charge is 2.47. The number of rotatable bonds is 5. The summed E-state index contributed by atoms with van der Waals surface area (Å²) in [4.78, 5) is 38.2. The summed E-state index contributed by atoms with van der Waals surface area (Å²) in [5.74, 6) is 0.686. The molecule has 4 rings (SSSR count). The van der Waals surface area contributed by atoms with Crippen LogP contribution in [0.25, 0.3) is 0 Å². The summed E-state index contributed by atoms with van der Waals surface area (Å²) in [6.45, 7) is 0.741. The first-order valence-electron chi connectivity index (χ1n) is 9.14. The molecule has 7 heteroatoms. The second kappa shape index (κ2) is 6.97. The molecule has 3 amide bonds. The average molecular weight is 358 g/mol. The molecule has 1 aliphatic carbocycles. The van der Waals surface area contributed by atoms with Crippen molar-refractivity contribution in [2.75, 3.05) is 13.3 Å². The number of nitrogens with one attached hydrogen (secondary N) is 1. The van der Waals surface area contributed by atoms with Gasteiger partial charge in [-0.05, 0) is 30.5 Å². The molecule has 2 aliphatic heterocycles. The molecule has 1 saturated carbocycles. The summed E-state index contributed by atoms with van der Waals surface area (Å²) < 4.78 is 10.6. The Morgan fingerprint density at radius 3 is 2.50 bits per heavy atom. The fraction of sp³-hybridized carbons (Fsp3) is 0.526. The number of carbonyl (C=O) groups is 3. The zero-order valence-electron chi connectivity index (χ0n) is 14.5. The molecule has 7 nitrogen and oxygen atoms in total. The van der Waals surface area contributed by atoms with Crippen molar-refractivity contribution in [3.05, 3.63) is 23.8 Å². The number of imide groups is 1. The van der Waals surface area contributed by atoms with E-state index in [0.29, 0.717) is 18.0 Å². The lowest BCUT2D eigenvalue weighted by Gasteiger charge is -2.19. The first-order valence-corrected chi connectivity index (χ1v) is 9.14. The maximum Gasteiger partial charge on any atom is 0.233 e. The molecule has 0 radical (unpaired) electrons. The third kappa shape index (κ3) is 3.13. The van der Waals surface area contributed by atoms with Crippen molar-refractivity contribution in [2.24, 2.45) is 11.8 Å². The van der Waals surface area contributed by atoms with Crippen LogP contribution in [-0.4, -0.2) is 36.0 Å². The normalized spacial score (nSPS) is 23.9. The Morgan fingerprint density at radius 2 is 1.77 bits per heavy atom. The van der Waals surface area contributed by atoms with Crippen molar-refractivity contribution in [2.45, 2.75) is 38.6 Å². The van der Waals surface area contributed by atoms with Crippen LogP contribution in [0.15, 0.2) is 18.2 Å². The lowest BCUT2D eigenvalue weighted by Crippen LogP contribution is -2.35. The van der Waals surface area contributed by atoms with Crippen molar-refractivity contribution in [1.82, 2.24) is 10.2 Å². The highest BCUT2D eigenvalue weighted by molar-refractivity contribution is 6.05. The third-order valence-electron chi connectivity index (χ3n) is 5.42. The molecule has 2 heterocycles. The van der Waals surface area contributed by atoms with Gasteiger partial charge in [0.25, 0.3) is 0 Å². The van der Waals surface area contributed by atoms with E-state index >= 15 is 0 Å². The number of carbonyl (C=O) groups excluding carboxylic acids is 3. The highest BCUT2D eigenvalue weighted by Crippen LogP contribution is 2.38. The van der Waals surface area contributed by atoms with Crippen LogP contribution in [0, 0.1) is 11.8 Å². The Hall–Kier alpha value is -2.57. The second-order valence-electron chi connectivity index (χ2n) is 7.04. The zero-order chi connectivity index (χ0) is 18.1. The first kappa shape index (κ1) is 16.9. The molecule has 2 fully saturated rings. The average Bonchev–Trinajstić information content (AvgIpc) is 3.22. The molecule has 0 spiro atoms. The van der Waals surface area contributed by atoms with Crippen LogP contribution in [0.3, 0.4) is 0 Å². The zero-order valence-corrected chi connectivity index (χ0v) is 14.5. The number of hydrogen-bond donors (Lipinski definition) is 1. The second-order valence-corrected chi connectivity index (χ2v) is 7.04. The number of ether oxygens (including phenoxy) is 2. The summed E-state index contributed by atoms with van der Waals surface area (Å²) in [5.41, 5.74) is 0.905. The number of amides is 3. The topological polar surface area (TPSA) is 84.9 Å². The van der Waals surface area contributed by atoms with Gasteiger partial charge in [0.1, 0.15) is 0 Å². The molecule has 0 aromatic heterocycles. The van der Waals surface area contributed by atoms with E-state index in [0.717, 1.165) is 31.2 Å². The van der Waals surface area contributed by atoms with Gasteiger partial charge in [-0.3, -0.25) is 19.3 Å². The van der Waals surface area contributed by atoms with E-state index in [-0.39, 0.29) is 49.3 Å². The smallest absolute Gasteiger partial charge is 0.233 e. The molecule has 138 valence electrons. The Balaban J connectivity index is 1.27. The van der Waals surface area contributed by atoms with E-state index in [1.54, 1.807) is 0 Å². The number of likely N-dealkylation sites (tertiary alicyclic amines) is 1. The molecule has 1 aromatic rings. The number of fused-ring (bicyclic) bond motifs is 2. The monoisotopic (exact) mass is 358 g/mol. The molecular weight excluding hydrogens is 336 g/mol. The molecule has 1 N–H and O–H groups in total. The Labute approximate surface area is 151 Å². The van der Waals surface area contributed by atoms with E-state index in [1.807, 2.05) is 18.2 Å². The predicted molar refractivity (Wildman–Crippen MR) is 91.2 cm³/mol. The van der Waals surface area contributed by atoms with E-state index in [4.69, 9.17) is 9.47 Å². The van der Waals surface area contributed by atoms with Gasteiger partial charge >= 0.3 is 0 Å². The molecule has 0 unspecified atom stereocenters. The van der Waals surface area contributed by atoms with Crippen LogP contribution in [0.5, 0.6) is 11.5 Å². The Morgan fingerprint density at radius 1 is 1.08 bits per heavy atom. The van der Waals surface area contributed by atoms with Gasteiger partial charge in [-0.25, -0.2) is 0 Å². The quantitative estimate of drug-likeness (QED) is 0.808. The van der Waals surface area contributed by atoms with Gasteiger partial charge < -0.3 is 14.8 Å². The Bertz CT molecular complexity index is 723. The minimum Gasteiger partial charge on any atom is -0.454 e. The molecule has 0 bridgehead atoms. The highest BCUT2D eigenvalue weighted by atomic mass is 16.7. The SMILES string of the molecule is O=C(CCN1C(=O)[C@@H]2CCCC[C@H]2C1=O)NCc1ccc2c(c1)OCO2. The van der Waals surface area contributed by atoms with Gasteiger partial charge in [-0.2, -0.15) is 0 Å². The maximum atomic E-state index is 12.4. The van der Waals surface area contributed by atoms with Crippen LogP contribution < -0.4 is 14.8 Å². The lowest BCUT2D eigenvalue weighted by atomic mass is 9.81. The van der Waals surface area contributed by atoms with Gasteiger partial charge in [0.15, 0.2) is 11.5 Å². The number of benzene rings is 1. The third-order valence-corrected chi connectivity index (χ3v) is 5.42. The summed E-state index contributed by atoms with van der Waals surface area (Å²) >= 11 is 0. The van der Waals surface area contributed by atoms with Crippen LogP contribution >= 0.6 is 0 Å². The Kier molecular flexibility index (Phi) is 4.53. The van der Waals surface area contributed by atoms with Gasteiger partial charge in [0.05, 0.1) is 11.8 Å². The summed E-state index contributed by atoms with van der Waals surface area (Å²) in [6.07, 6.45) is 3.72. The van der Waals surface area contributed by atoms with Gasteiger partial charge in [-0.15, -0.1) is 0 Å². The van der Waals surface area contributed by atoms with Crippen molar-refractivity contribution >= 4 is 17.7 Å². The molecule has 3 aliphatic rings. The van der Waals surface area contributed by atoms with Crippen LogP contribution in [-0.2, 0) is 20.9 Å². The lowest BCUT2D eigenvalue weighted by molar-refractivity contribution is -0.140. The van der Waals surface area contributed by atoms with Crippen molar-refractivity contribution < 1.29 is 23.9 Å². The molecule has 26 heavy (non-hydrogen) atoms. The van der Waals surface area contributed by atoms with Gasteiger partial charge in [0, 0.05) is 19.5 Å². The van der Waals surface area contributed by atoms with Crippen LogP contribution in [0.1, 0.15) is 37.7 Å². The standard InChI is InChI=1S/C19H22N2O5/c22-17(20-10-12-5-6-15-16(9-12)26-11-25-15)7-8-21-18(23)13-3-1-2-4-14(13)19(21)24/h5-6,9,13-14H,1-4,7-8,10-11H2,(H,20,22)/t13-,14-/m1/s1. The van der Waals surface area contributed by atoms with Gasteiger partial charge in [-0.1, -0.05) is 18.9 Å². The number of hydrogen-bond acceptors (Lipinski definition) is 5. The van der Waals surface area contributed by atoms with Gasteiger partial charge in [0.2, 0.25) is 24.5 Å². The van der Waals surface area contributed by atoms with E-state index in [2.05, 4.69) is 5.32 Å². The number of nitrogens with zero attached hydrogens (tertiary/aromatic N) is 1. The molecule has 1 aromatic carbocycles. The minimum absolute atomic E-state index is 0.0942. The minimum atomic E-state index is -0.182. The van der Waals surface area contributed by atoms with E-state index < -0.39 is 0 Å². The molecule has 2 atom stereocenters. The fourth-order valence-corrected chi connectivity index (χ4v) is 4.00.